The van der Waals surface area contributed by atoms with E-state index in [1.54, 1.807) is 0 Å². The van der Waals surface area contributed by atoms with Gasteiger partial charge in [0.25, 0.3) is 0 Å². The van der Waals surface area contributed by atoms with E-state index in [1.165, 1.54) is 42.5 Å². The van der Waals surface area contributed by atoms with E-state index < -0.39 is 23.5 Å². The molecular formula is C19H18F4N2O2. The zero-order valence-electron chi connectivity index (χ0n) is 14.5. The van der Waals surface area contributed by atoms with Crippen LogP contribution in [0.1, 0.15) is 18.1 Å². The van der Waals surface area contributed by atoms with E-state index in [4.69, 9.17) is 0 Å². The zero-order valence-corrected chi connectivity index (χ0v) is 14.5. The standard InChI is InChI=1S/C19H18F4N2O2/c1-13(26)25(17-5-3-2-4-16(17)19(21,22)23)11-10-24-18(27)12-14-6-8-15(20)9-7-14/h2-9H,10-12H2,1H3,(H,24,27). The summed E-state index contributed by atoms with van der Waals surface area (Å²) >= 11 is 0. The monoisotopic (exact) mass is 382 g/mol. The van der Waals surface area contributed by atoms with Crippen LogP contribution in [0.4, 0.5) is 23.2 Å². The Labute approximate surface area is 153 Å². The lowest BCUT2D eigenvalue weighted by atomic mass is 10.1. The van der Waals surface area contributed by atoms with E-state index in [1.807, 2.05) is 0 Å². The van der Waals surface area contributed by atoms with Crippen LogP contribution < -0.4 is 10.2 Å². The lowest BCUT2D eigenvalue weighted by Gasteiger charge is -2.25. The Hall–Kier alpha value is -2.90. The fraction of sp³-hybridized carbons (Fsp3) is 0.263. The van der Waals surface area contributed by atoms with E-state index in [0.29, 0.717) is 5.56 Å². The fourth-order valence-electron chi connectivity index (χ4n) is 2.55. The fourth-order valence-corrected chi connectivity index (χ4v) is 2.55. The van der Waals surface area contributed by atoms with Crippen LogP contribution in [0, 0.1) is 5.82 Å². The Morgan fingerprint density at radius 2 is 1.67 bits per heavy atom. The number of carbonyl (C=O) groups is 2. The highest BCUT2D eigenvalue weighted by atomic mass is 19.4. The molecule has 0 aliphatic carbocycles. The quantitative estimate of drug-likeness (QED) is 0.777. The van der Waals surface area contributed by atoms with Crippen LogP contribution in [0.2, 0.25) is 0 Å². The molecule has 0 radical (unpaired) electrons. The largest absolute Gasteiger partial charge is 0.418 e. The smallest absolute Gasteiger partial charge is 0.354 e. The van der Waals surface area contributed by atoms with Crippen LogP contribution in [0.15, 0.2) is 48.5 Å². The van der Waals surface area contributed by atoms with Gasteiger partial charge in [-0.1, -0.05) is 24.3 Å². The second-order valence-corrected chi connectivity index (χ2v) is 5.84. The molecular weight excluding hydrogens is 364 g/mol. The normalized spacial score (nSPS) is 11.1. The van der Waals surface area contributed by atoms with Crippen molar-refractivity contribution in [1.82, 2.24) is 5.32 Å². The first kappa shape index (κ1) is 20.4. The van der Waals surface area contributed by atoms with Crippen molar-refractivity contribution in [2.24, 2.45) is 0 Å². The van der Waals surface area contributed by atoms with Crippen molar-refractivity contribution in [1.29, 1.82) is 0 Å². The van der Waals surface area contributed by atoms with Gasteiger partial charge in [-0.3, -0.25) is 9.59 Å². The number of nitrogens with zero attached hydrogens (tertiary/aromatic N) is 1. The van der Waals surface area contributed by atoms with E-state index >= 15 is 0 Å². The van der Waals surface area contributed by atoms with Gasteiger partial charge in [0, 0.05) is 20.0 Å². The van der Waals surface area contributed by atoms with Crippen LogP contribution in [0.25, 0.3) is 0 Å². The number of benzene rings is 2. The lowest BCUT2D eigenvalue weighted by Crippen LogP contribution is -2.38. The molecule has 2 aromatic rings. The highest BCUT2D eigenvalue weighted by molar-refractivity contribution is 5.92. The van der Waals surface area contributed by atoms with Crippen molar-refractivity contribution >= 4 is 17.5 Å². The Kier molecular flexibility index (Phi) is 6.55. The highest BCUT2D eigenvalue weighted by Gasteiger charge is 2.35. The molecule has 0 spiro atoms. The summed E-state index contributed by atoms with van der Waals surface area (Å²) in [6.45, 7) is 1.02. The molecule has 0 bridgehead atoms. The molecule has 0 aliphatic heterocycles. The molecule has 0 atom stereocenters. The van der Waals surface area contributed by atoms with Gasteiger partial charge >= 0.3 is 6.18 Å². The Morgan fingerprint density at radius 3 is 2.26 bits per heavy atom. The predicted molar refractivity (Wildman–Crippen MR) is 92.6 cm³/mol. The molecule has 4 nitrogen and oxygen atoms in total. The van der Waals surface area contributed by atoms with Gasteiger partial charge < -0.3 is 10.2 Å². The molecule has 27 heavy (non-hydrogen) atoms. The SMILES string of the molecule is CC(=O)N(CCNC(=O)Cc1ccc(F)cc1)c1ccccc1C(F)(F)F. The molecule has 0 saturated carbocycles. The number of para-hydroxylation sites is 1. The summed E-state index contributed by atoms with van der Waals surface area (Å²) < 4.78 is 52.3. The van der Waals surface area contributed by atoms with Gasteiger partial charge in [-0.2, -0.15) is 13.2 Å². The van der Waals surface area contributed by atoms with Crippen molar-refractivity contribution in [2.45, 2.75) is 19.5 Å². The average molecular weight is 382 g/mol. The van der Waals surface area contributed by atoms with E-state index in [9.17, 15) is 27.2 Å². The summed E-state index contributed by atoms with van der Waals surface area (Å²) in [4.78, 5) is 24.7. The number of nitrogens with one attached hydrogen (secondary N) is 1. The molecule has 0 aliphatic rings. The van der Waals surface area contributed by atoms with E-state index in [2.05, 4.69) is 5.32 Å². The lowest BCUT2D eigenvalue weighted by molar-refractivity contribution is -0.137. The maximum absolute atomic E-state index is 13.2. The third-order valence-corrected chi connectivity index (χ3v) is 3.82. The number of alkyl halides is 3. The van der Waals surface area contributed by atoms with E-state index in [-0.39, 0.29) is 31.1 Å². The van der Waals surface area contributed by atoms with Crippen molar-refractivity contribution in [3.05, 3.63) is 65.5 Å². The summed E-state index contributed by atoms with van der Waals surface area (Å²) in [5.41, 5.74) is -0.581. The van der Waals surface area contributed by atoms with Crippen LogP contribution in [-0.4, -0.2) is 24.9 Å². The van der Waals surface area contributed by atoms with Gasteiger partial charge in [-0.25, -0.2) is 4.39 Å². The number of amides is 2. The molecule has 1 N–H and O–H groups in total. The van der Waals surface area contributed by atoms with Crippen molar-refractivity contribution in [2.75, 3.05) is 18.0 Å². The summed E-state index contributed by atoms with van der Waals surface area (Å²) in [5.74, 6) is -1.37. The summed E-state index contributed by atoms with van der Waals surface area (Å²) in [7, 11) is 0. The summed E-state index contributed by atoms with van der Waals surface area (Å²) in [5, 5.41) is 2.55. The Balaban J connectivity index is 2.01. The number of hydrogen-bond acceptors (Lipinski definition) is 2. The molecule has 2 aromatic carbocycles. The first-order valence-corrected chi connectivity index (χ1v) is 8.14. The molecule has 2 amide bonds. The van der Waals surface area contributed by atoms with E-state index in [0.717, 1.165) is 17.9 Å². The van der Waals surface area contributed by atoms with Gasteiger partial charge in [-0.05, 0) is 29.8 Å². The molecule has 0 unspecified atom stereocenters. The maximum Gasteiger partial charge on any atom is 0.418 e. The third kappa shape index (κ3) is 5.80. The third-order valence-electron chi connectivity index (χ3n) is 3.82. The molecule has 0 heterocycles. The first-order valence-electron chi connectivity index (χ1n) is 8.14. The molecule has 144 valence electrons. The number of anilines is 1. The Morgan fingerprint density at radius 1 is 1.04 bits per heavy atom. The molecule has 8 heteroatoms. The van der Waals surface area contributed by atoms with Gasteiger partial charge in [0.2, 0.25) is 11.8 Å². The number of rotatable bonds is 6. The second kappa shape index (κ2) is 8.66. The minimum Gasteiger partial charge on any atom is -0.354 e. The number of carbonyl (C=O) groups excluding carboxylic acids is 2. The predicted octanol–water partition coefficient (Wildman–Crippen LogP) is 3.56. The summed E-state index contributed by atoms with van der Waals surface area (Å²) in [6.07, 6.45) is -4.60. The minimum absolute atomic E-state index is 0.000506. The van der Waals surface area contributed by atoms with Crippen molar-refractivity contribution in [3.8, 4) is 0 Å². The second-order valence-electron chi connectivity index (χ2n) is 5.84. The van der Waals surface area contributed by atoms with Crippen LogP contribution in [0.3, 0.4) is 0 Å². The van der Waals surface area contributed by atoms with Crippen molar-refractivity contribution < 1.29 is 27.2 Å². The van der Waals surface area contributed by atoms with Gasteiger partial charge in [0.1, 0.15) is 5.82 Å². The first-order chi connectivity index (χ1) is 12.7. The van der Waals surface area contributed by atoms with Crippen molar-refractivity contribution in [3.63, 3.8) is 0 Å². The summed E-state index contributed by atoms with van der Waals surface area (Å²) in [6, 6.07) is 10.2. The molecule has 2 rings (SSSR count). The minimum atomic E-state index is -4.60. The highest BCUT2D eigenvalue weighted by Crippen LogP contribution is 2.36. The molecule has 0 fully saturated rings. The van der Waals surface area contributed by atoms with Gasteiger partial charge in [0.15, 0.2) is 0 Å². The molecule has 0 saturated heterocycles. The Bertz CT molecular complexity index is 804. The van der Waals surface area contributed by atoms with Gasteiger partial charge in [-0.15, -0.1) is 0 Å². The molecule has 0 aromatic heterocycles. The topological polar surface area (TPSA) is 49.4 Å². The number of hydrogen-bond donors (Lipinski definition) is 1. The number of halogens is 4. The maximum atomic E-state index is 13.2. The van der Waals surface area contributed by atoms with Crippen LogP contribution in [-0.2, 0) is 22.2 Å². The average Bonchev–Trinajstić information content (AvgIpc) is 2.60. The van der Waals surface area contributed by atoms with Crippen LogP contribution >= 0.6 is 0 Å². The van der Waals surface area contributed by atoms with Gasteiger partial charge in [0.05, 0.1) is 17.7 Å². The van der Waals surface area contributed by atoms with Crippen LogP contribution in [0.5, 0.6) is 0 Å². The zero-order chi connectivity index (χ0) is 20.0.